The fraction of sp³-hybridized carbons (Fsp3) is 0.211. The SMILES string of the molecule is C[C@@]1(c2cc(Nc3nccc4cc(Cl)cnc34)ccc2F)CS(=O)(=O)CC(N)=N1. The first-order valence-electron chi connectivity index (χ1n) is 8.67. The second kappa shape index (κ2) is 6.93. The Hall–Kier alpha value is -2.78. The molecule has 3 aromatic rings. The lowest BCUT2D eigenvalue weighted by atomic mass is 9.93. The fourth-order valence-corrected chi connectivity index (χ4v) is 5.36. The van der Waals surface area contributed by atoms with E-state index in [-0.39, 0.29) is 22.9 Å². The first-order chi connectivity index (χ1) is 13.7. The smallest absolute Gasteiger partial charge is 0.160 e. The maximum absolute atomic E-state index is 14.6. The lowest BCUT2D eigenvalue weighted by Crippen LogP contribution is -2.42. The maximum atomic E-state index is 14.6. The Labute approximate surface area is 171 Å². The molecule has 3 heterocycles. The molecule has 4 rings (SSSR count). The van der Waals surface area contributed by atoms with Crippen LogP contribution in [0, 0.1) is 5.82 Å². The van der Waals surface area contributed by atoms with Crippen LogP contribution < -0.4 is 11.1 Å². The van der Waals surface area contributed by atoms with E-state index in [9.17, 15) is 12.8 Å². The molecule has 1 atom stereocenters. The molecular formula is C19H17ClFN5O2S. The minimum absolute atomic E-state index is 0.0340. The molecule has 0 saturated heterocycles. The summed E-state index contributed by atoms with van der Waals surface area (Å²) in [4.78, 5) is 12.8. The van der Waals surface area contributed by atoms with Gasteiger partial charge in [-0.1, -0.05) is 11.6 Å². The van der Waals surface area contributed by atoms with Gasteiger partial charge in [0.1, 0.15) is 28.5 Å². The Morgan fingerprint density at radius 1 is 1.24 bits per heavy atom. The molecule has 29 heavy (non-hydrogen) atoms. The van der Waals surface area contributed by atoms with Gasteiger partial charge in [-0.15, -0.1) is 0 Å². The van der Waals surface area contributed by atoms with E-state index >= 15 is 0 Å². The van der Waals surface area contributed by atoms with Gasteiger partial charge in [0.25, 0.3) is 0 Å². The van der Waals surface area contributed by atoms with E-state index in [0.717, 1.165) is 5.39 Å². The molecule has 0 radical (unpaired) electrons. The molecule has 1 aromatic carbocycles. The van der Waals surface area contributed by atoms with Gasteiger partial charge < -0.3 is 11.1 Å². The molecule has 7 nitrogen and oxygen atoms in total. The Morgan fingerprint density at radius 3 is 2.79 bits per heavy atom. The van der Waals surface area contributed by atoms with E-state index in [0.29, 0.717) is 22.0 Å². The minimum atomic E-state index is -3.49. The van der Waals surface area contributed by atoms with E-state index in [1.54, 1.807) is 25.3 Å². The molecule has 0 aliphatic carbocycles. The van der Waals surface area contributed by atoms with Crippen LogP contribution in [0.25, 0.3) is 10.9 Å². The zero-order valence-electron chi connectivity index (χ0n) is 15.4. The molecule has 3 N–H and O–H groups in total. The number of benzene rings is 1. The molecule has 0 bridgehead atoms. The third-order valence-electron chi connectivity index (χ3n) is 4.63. The highest BCUT2D eigenvalue weighted by Gasteiger charge is 2.39. The highest BCUT2D eigenvalue weighted by atomic mass is 35.5. The second-order valence-electron chi connectivity index (χ2n) is 7.11. The number of fused-ring (bicyclic) bond motifs is 1. The number of rotatable bonds is 3. The van der Waals surface area contributed by atoms with Crippen LogP contribution in [0.1, 0.15) is 12.5 Å². The number of amidine groups is 1. The monoisotopic (exact) mass is 433 g/mol. The van der Waals surface area contributed by atoms with Gasteiger partial charge in [-0.2, -0.15) is 0 Å². The molecule has 1 aliphatic rings. The van der Waals surface area contributed by atoms with Crippen LogP contribution in [0.3, 0.4) is 0 Å². The van der Waals surface area contributed by atoms with Crippen LogP contribution in [-0.4, -0.2) is 35.7 Å². The summed E-state index contributed by atoms with van der Waals surface area (Å²) in [6, 6.07) is 7.84. The van der Waals surface area contributed by atoms with Crippen molar-refractivity contribution in [2.75, 3.05) is 16.8 Å². The Balaban J connectivity index is 1.76. The Kier molecular flexibility index (Phi) is 4.66. The lowest BCUT2D eigenvalue weighted by molar-refractivity contribution is 0.490. The topological polar surface area (TPSA) is 110 Å². The summed E-state index contributed by atoms with van der Waals surface area (Å²) in [6.07, 6.45) is 3.12. The first kappa shape index (κ1) is 19.5. The van der Waals surface area contributed by atoms with Crippen molar-refractivity contribution >= 4 is 49.7 Å². The van der Waals surface area contributed by atoms with Gasteiger partial charge in [0.2, 0.25) is 0 Å². The van der Waals surface area contributed by atoms with E-state index in [2.05, 4.69) is 20.3 Å². The van der Waals surface area contributed by atoms with Crippen molar-refractivity contribution in [2.24, 2.45) is 10.7 Å². The number of nitrogens with zero attached hydrogens (tertiary/aromatic N) is 3. The van der Waals surface area contributed by atoms with Gasteiger partial charge >= 0.3 is 0 Å². The number of hydrogen-bond acceptors (Lipinski definition) is 7. The summed E-state index contributed by atoms with van der Waals surface area (Å²) < 4.78 is 39.0. The average Bonchev–Trinajstić information content (AvgIpc) is 2.61. The molecule has 10 heteroatoms. The maximum Gasteiger partial charge on any atom is 0.160 e. The fourth-order valence-electron chi connectivity index (χ4n) is 3.50. The molecule has 0 amide bonds. The van der Waals surface area contributed by atoms with E-state index in [4.69, 9.17) is 17.3 Å². The van der Waals surface area contributed by atoms with E-state index in [1.165, 1.54) is 24.4 Å². The second-order valence-corrected chi connectivity index (χ2v) is 9.61. The summed E-state index contributed by atoms with van der Waals surface area (Å²) >= 11 is 5.99. The van der Waals surface area contributed by atoms with Crippen LogP contribution in [0.15, 0.2) is 47.7 Å². The summed E-state index contributed by atoms with van der Waals surface area (Å²) in [5, 5.41) is 4.40. The molecular weight excluding hydrogens is 417 g/mol. The zero-order chi connectivity index (χ0) is 20.8. The Morgan fingerprint density at radius 2 is 2.03 bits per heavy atom. The predicted molar refractivity (Wildman–Crippen MR) is 112 cm³/mol. The lowest BCUT2D eigenvalue weighted by Gasteiger charge is -2.30. The normalized spacial score (nSPS) is 21.0. The summed E-state index contributed by atoms with van der Waals surface area (Å²) in [5.41, 5.74) is 5.63. The van der Waals surface area contributed by atoms with Crippen LogP contribution in [-0.2, 0) is 15.4 Å². The number of pyridine rings is 2. The number of aliphatic imine (C=N–C) groups is 1. The van der Waals surface area contributed by atoms with Gasteiger partial charge in [0, 0.05) is 29.0 Å². The zero-order valence-corrected chi connectivity index (χ0v) is 16.9. The third kappa shape index (κ3) is 3.88. The highest BCUT2D eigenvalue weighted by molar-refractivity contribution is 7.92. The molecule has 0 fully saturated rings. The number of anilines is 2. The van der Waals surface area contributed by atoms with Crippen molar-refractivity contribution in [3.8, 4) is 0 Å². The summed E-state index contributed by atoms with van der Waals surface area (Å²) in [5.74, 6) is -0.791. The number of sulfone groups is 1. The van der Waals surface area contributed by atoms with Crippen LogP contribution in [0.2, 0.25) is 5.02 Å². The van der Waals surface area contributed by atoms with Gasteiger partial charge in [-0.05, 0) is 37.3 Å². The van der Waals surface area contributed by atoms with Gasteiger partial charge in [-0.3, -0.25) is 9.98 Å². The Bertz CT molecular complexity index is 1260. The largest absolute Gasteiger partial charge is 0.387 e. The quantitative estimate of drug-likeness (QED) is 0.656. The van der Waals surface area contributed by atoms with Crippen LogP contribution in [0.4, 0.5) is 15.9 Å². The van der Waals surface area contributed by atoms with Crippen molar-refractivity contribution in [3.63, 3.8) is 0 Å². The van der Waals surface area contributed by atoms with Gasteiger partial charge in [-0.25, -0.2) is 17.8 Å². The average molecular weight is 434 g/mol. The molecule has 1 aliphatic heterocycles. The minimum Gasteiger partial charge on any atom is -0.387 e. The molecule has 0 spiro atoms. The van der Waals surface area contributed by atoms with Crippen LogP contribution >= 0.6 is 11.6 Å². The number of aromatic nitrogens is 2. The van der Waals surface area contributed by atoms with Crippen molar-refractivity contribution in [1.29, 1.82) is 0 Å². The number of halogens is 2. The molecule has 0 saturated carbocycles. The highest BCUT2D eigenvalue weighted by Crippen LogP contribution is 2.35. The first-order valence-corrected chi connectivity index (χ1v) is 10.9. The summed E-state index contributed by atoms with van der Waals surface area (Å²) in [6.45, 7) is 1.55. The standard InChI is InChI=1S/C19H17ClFN5O2S/c1-19(10-29(27,28)9-16(22)26-19)14-7-13(2-3-15(14)21)25-18-17-11(4-5-23-18)6-12(20)8-24-17/h2-8H,9-10H2,1H3,(H2,22,26)(H,23,25)/t19-/m0/s1. The molecule has 150 valence electrons. The number of nitrogens with two attached hydrogens (primary N) is 1. The van der Waals surface area contributed by atoms with E-state index < -0.39 is 21.2 Å². The van der Waals surface area contributed by atoms with Gasteiger partial charge in [0.15, 0.2) is 15.7 Å². The third-order valence-corrected chi connectivity index (χ3v) is 6.58. The van der Waals surface area contributed by atoms with Gasteiger partial charge in [0.05, 0.1) is 10.8 Å². The van der Waals surface area contributed by atoms with E-state index in [1.807, 2.05) is 0 Å². The predicted octanol–water partition coefficient (Wildman–Crippen LogP) is 3.17. The van der Waals surface area contributed by atoms with Crippen LogP contribution in [0.5, 0.6) is 0 Å². The number of nitrogens with one attached hydrogen (secondary N) is 1. The van der Waals surface area contributed by atoms with Crippen molar-refractivity contribution in [2.45, 2.75) is 12.5 Å². The number of hydrogen-bond donors (Lipinski definition) is 2. The van der Waals surface area contributed by atoms with Crippen molar-refractivity contribution in [1.82, 2.24) is 9.97 Å². The molecule has 2 aromatic heterocycles. The van der Waals surface area contributed by atoms with Crippen molar-refractivity contribution in [3.05, 3.63) is 59.1 Å². The molecule has 0 unspecified atom stereocenters. The van der Waals surface area contributed by atoms with Crippen molar-refractivity contribution < 1.29 is 12.8 Å². The summed E-state index contributed by atoms with van der Waals surface area (Å²) in [7, 11) is -3.49.